The Hall–Kier alpha value is -1.78. The fourth-order valence-electron chi connectivity index (χ4n) is 4.69. The van der Waals surface area contributed by atoms with Gasteiger partial charge in [-0.05, 0) is 43.6 Å². The smallest absolute Gasteiger partial charge is 0.213 e. The van der Waals surface area contributed by atoms with Gasteiger partial charge in [0.25, 0.3) is 0 Å². The van der Waals surface area contributed by atoms with Crippen molar-refractivity contribution in [1.29, 1.82) is 0 Å². The first-order valence-corrected chi connectivity index (χ1v) is 8.10. The normalized spacial score (nSPS) is 33.3. The molecule has 2 aliphatic heterocycles. The van der Waals surface area contributed by atoms with E-state index in [4.69, 9.17) is 14.2 Å². The zero-order valence-electron chi connectivity index (χ0n) is 14.0. The first-order chi connectivity index (χ1) is 11.2. The Bertz CT molecular complexity index is 696. The lowest BCUT2D eigenvalue weighted by Crippen LogP contribution is -2.57. The highest BCUT2D eigenvalue weighted by atomic mass is 16.7. The second-order valence-corrected chi connectivity index (χ2v) is 6.60. The molecule has 1 saturated heterocycles. The number of benzene rings is 1. The molecule has 0 saturated carbocycles. The minimum atomic E-state index is -0.310. The summed E-state index contributed by atoms with van der Waals surface area (Å²) in [6.45, 7) is 4.96. The fourth-order valence-corrected chi connectivity index (χ4v) is 4.69. The molecule has 0 amide bonds. The van der Waals surface area contributed by atoms with Crippen LogP contribution in [0.4, 0.5) is 0 Å². The van der Waals surface area contributed by atoms with Crippen LogP contribution in [-0.4, -0.2) is 45.0 Å². The lowest BCUT2D eigenvalue weighted by atomic mass is 9.60. The number of fused-ring (bicyclic) bond motifs is 1. The predicted octanol–water partition coefficient (Wildman–Crippen LogP) is 2.67. The van der Waals surface area contributed by atoms with E-state index in [0.717, 1.165) is 30.9 Å². The summed E-state index contributed by atoms with van der Waals surface area (Å²) in [6, 6.07) is 4.57. The monoisotopic (exact) mass is 313 g/mol. The van der Waals surface area contributed by atoms with Gasteiger partial charge in [-0.3, -0.25) is 4.90 Å². The van der Waals surface area contributed by atoms with Crippen molar-refractivity contribution in [3.8, 4) is 11.5 Å². The number of nitrogens with zero attached hydrogens (tertiary/aromatic N) is 1. The van der Waals surface area contributed by atoms with Crippen LogP contribution in [0, 0.1) is 0 Å². The van der Waals surface area contributed by atoms with Crippen molar-refractivity contribution in [3.05, 3.63) is 47.6 Å². The zero-order chi connectivity index (χ0) is 16.2. The number of methoxy groups -OCH3 is 2. The van der Waals surface area contributed by atoms with E-state index in [1.807, 2.05) is 12.1 Å². The molecule has 3 unspecified atom stereocenters. The molecule has 1 aromatic rings. The molecule has 3 atom stereocenters. The van der Waals surface area contributed by atoms with Gasteiger partial charge in [-0.2, -0.15) is 0 Å². The summed E-state index contributed by atoms with van der Waals surface area (Å²) in [5.41, 5.74) is 3.74. The number of piperidine rings is 1. The Morgan fingerprint density at radius 2 is 2.22 bits per heavy atom. The van der Waals surface area contributed by atoms with Crippen LogP contribution in [-0.2, 0) is 16.6 Å². The highest BCUT2D eigenvalue weighted by molar-refractivity contribution is 5.64. The molecule has 1 aliphatic carbocycles. The van der Waals surface area contributed by atoms with Crippen molar-refractivity contribution < 1.29 is 14.2 Å². The molecule has 1 fully saturated rings. The second kappa shape index (κ2) is 5.11. The van der Waals surface area contributed by atoms with E-state index >= 15 is 0 Å². The lowest BCUT2D eigenvalue weighted by Gasteiger charge is -2.51. The van der Waals surface area contributed by atoms with Crippen LogP contribution in [0.15, 0.2) is 36.4 Å². The van der Waals surface area contributed by atoms with Crippen molar-refractivity contribution in [1.82, 2.24) is 4.90 Å². The Kier molecular flexibility index (Phi) is 3.29. The number of hydrogen-bond donors (Lipinski definition) is 0. The molecule has 122 valence electrons. The molecule has 3 aliphatic rings. The molecule has 2 heterocycles. The number of likely N-dealkylation sites (N-methyl/N-ethyl adjacent to an activating group) is 1. The number of allylic oxidation sites excluding steroid dienone is 2. The van der Waals surface area contributed by atoms with Crippen LogP contribution in [0.1, 0.15) is 17.5 Å². The van der Waals surface area contributed by atoms with Crippen molar-refractivity contribution in [2.45, 2.75) is 30.6 Å². The highest BCUT2D eigenvalue weighted by Gasteiger charge is 2.60. The molecule has 1 aromatic carbocycles. The Morgan fingerprint density at radius 3 is 2.91 bits per heavy atom. The summed E-state index contributed by atoms with van der Waals surface area (Å²) in [5.74, 6) is 1.65. The van der Waals surface area contributed by atoms with Gasteiger partial charge >= 0.3 is 0 Å². The van der Waals surface area contributed by atoms with E-state index < -0.39 is 0 Å². The molecular formula is C19H23NO3. The summed E-state index contributed by atoms with van der Waals surface area (Å²) >= 11 is 0. The van der Waals surface area contributed by atoms with Gasteiger partial charge in [0.1, 0.15) is 0 Å². The third kappa shape index (κ3) is 1.73. The standard InChI is InChI=1S/C19H23NO3/c1-5-6-13-14-11-12-7-8-15(21-3)17-16(12)19(13,9-10-20(14)2)18(22-4)23-17/h5-8,14,18H,1,9-11H2,2-4H3/b13-6-. The van der Waals surface area contributed by atoms with Crippen LogP contribution in [0.25, 0.3) is 0 Å². The molecule has 23 heavy (non-hydrogen) atoms. The lowest BCUT2D eigenvalue weighted by molar-refractivity contribution is -0.0916. The third-order valence-electron chi connectivity index (χ3n) is 5.69. The third-order valence-corrected chi connectivity index (χ3v) is 5.69. The van der Waals surface area contributed by atoms with Crippen molar-refractivity contribution in [3.63, 3.8) is 0 Å². The molecular weight excluding hydrogens is 290 g/mol. The van der Waals surface area contributed by atoms with Crippen LogP contribution in [0.2, 0.25) is 0 Å². The molecule has 1 spiro atoms. The number of rotatable bonds is 3. The average Bonchev–Trinajstić information content (AvgIpc) is 2.90. The molecule has 2 bridgehead atoms. The summed E-state index contributed by atoms with van der Waals surface area (Å²) in [6.07, 6.45) is 5.71. The summed E-state index contributed by atoms with van der Waals surface area (Å²) in [4.78, 5) is 2.43. The van der Waals surface area contributed by atoms with E-state index in [1.165, 1.54) is 16.7 Å². The molecule has 4 rings (SSSR count). The van der Waals surface area contributed by atoms with Gasteiger partial charge in [0.2, 0.25) is 6.29 Å². The minimum absolute atomic E-state index is 0.225. The number of hydrogen-bond acceptors (Lipinski definition) is 4. The molecule has 0 radical (unpaired) electrons. The van der Waals surface area contributed by atoms with E-state index in [-0.39, 0.29) is 11.7 Å². The summed E-state index contributed by atoms with van der Waals surface area (Å²) < 4.78 is 17.6. The minimum Gasteiger partial charge on any atom is -0.493 e. The molecule has 4 heteroatoms. The van der Waals surface area contributed by atoms with Crippen LogP contribution in [0.5, 0.6) is 11.5 Å². The second-order valence-electron chi connectivity index (χ2n) is 6.60. The Balaban J connectivity index is 2.03. The van der Waals surface area contributed by atoms with E-state index in [9.17, 15) is 0 Å². The van der Waals surface area contributed by atoms with Gasteiger partial charge in [-0.1, -0.05) is 24.8 Å². The predicted molar refractivity (Wildman–Crippen MR) is 89.1 cm³/mol. The van der Waals surface area contributed by atoms with E-state index in [2.05, 4.69) is 30.7 Å². The van der Waals surface area contributed by atoms with E-state index in [1.54, 1.807) is 14.2 Å². The number of likely N-dealkylation sites (tertiary alicyclic amines) is 1. The van der Waals surface area contributed by atoms with Gasteiger partial charge < -0.3 is 14.2 Å². The zero-order valence-corrected chi connectivity index (χ0v) is 14.0. The first-order valence-electron chi connectivity index (χ1n) is 8.10. The van der Waals surface area contributed by atoms with Gasteiger partial charge in [0.15, 0.2) is 11.5 Å². The quantitative estimate of drug-likeness (QED) is 0.858. The highest BCUT2D eigenvalue weighted by Crippen LogP contribution is 2.60. The maximum Gasteiger partial charge on any atom is 0.213 e. The molecule has 0 N–H and O–H groups in total. The Morgan fingerprint density at radius 1 is 1.39 bits per heavy atom. The van der Waals surface area contributed by atoms with Gasteiger partial charge in [0.05, 0.1) is 12.5 Å². The van der Waals surface area contributed by atoms with E-state index in [0.29, 0.717) is 6.04 Å². The van der Waals surface area contributed by atoms with Gasteiger partial charge in [0, 0.05) is 18.7 Å². The molecule has 4 nitrogen and oxygen atoms in total. The SMILES string of the molecule is C=C/C=C1/C2Cc3ccc(OC)c4c3C1(CCN2C)C(OC)O4. The topological polar surface area (TPSA) is 30.9 Å². The van der Waals surface area contributed by atoms with Crippen molar-refractivity contribution in [2.24, 2.45) is 0 Å². The molecule has 0 aromatic heterocycles. The summed E-state index contributed by atoms with van der Waals surface area (Å²) in [5, 5.41) is 0. The van der Waals surface area contributed by atoms with Crippen molar-refractivity contribution >= 4 is 0 Å². The Labute approximate surface area is 137 Å². The largest absolute Gasteiger partial charge is 0.493 e. The van der Waals surface area contributed by atoms with Crippen LogP contribution < -0.4 is 9.47 Å². The summed E-state index contributed by atoms with van der Waals surface area (Å²) in [7, 11) is 5.61. The first kappa shape index (κ1) is 14.8. The average molecular weight is 313 g/mol. The van der Waals surface area contributed by atoms with Gasteiger partial charge in [-0.25, -0.2) is 0 Å². The number of ether oxygens (including phenoxy) is 3. The maximum atomic E-state index is 6.25. The fraction of sp³-hybridized carbons (Fsp3) is 0.474. The van der Waals surface area contributed by atoms with Crippen molar-refractivity contribution in [2.75, 3.05) is 27.8 Å². The van der Waals surface area contributed by atoms with Gasteiger partial charge in [-0.15, -0.1) is 0 Å². The van der Waals surface area contributed by atoms with Crippen LogP contribution >= 0.6 is 0 Å². The maximum absolute atomic E-state index is 6.25. The van der Waals surface area contributed by atoms with Crippen LogP contribution in [0.3, 0.4) is 0 Å².